The highest BCUT2D eigenvalue weighted by Gasteiger charge is 2.41. The molecule has 1 aromatic carbocycles. The molecule has 0 radical (unpaired) electrons. The fourth-order valence-corrected chi connectivity index (χ4v) is 5.74. The lowest BCUT2D eigenvalue weighted by Gasteiger charge is -2.37. The maximum atomic E-state index is 13.7. The SMILES string of the molecule is C=CC(=O)N1CCc2nn(-c3ccc(C4CC4)cc3)c3c2[C@H](C1)N(C(=O)c1cnc(C(F)(F)F)c(C#N)c1)CC3. The van der Waals surface area contributed by atoms with Gasteiger partial charge in [-0.1, -0.05) is 18.7 Å². The summed E-state index contributed by atoms with van der Waals surface area (Å²) in [6.45, 7) is 4.41. The van der Waals surface area contributed by atoms with Crippen molar-refractivity contribution in [3.8, 4) is 11.8 Å². The number of alkyl halides is 3. The Balaban J connectivity index is 1.39. The predicted molar refractivity (Wildman–Crippen MR) is 137 cm³/mol. The molecule has 0 bridgehead atoms. The Kier molecular flexibility index (Phi) is 6.21. The normalized spacial score (nSPS) is 18.5. The number of nitrogens with zero attached hydrogens (tertiary/aromatic N) is 6. The van der Waals surface area contributed by atoms with Gasteiger partial charge in [-0.15, -0.1) is 0 Å². The smallest absolute Gasteiger partial charge is 0.336 e. The predicted octanol–water partition coefficient (Wildman–Crippen LogP) is 4.35. The molecule has 204 valence electrons. The highest BCUT2D eigenvalue weighted by molar-refractivity contribution is 5.95. The second-order valence-corrected chi connectivity index (χ2v) is 10.3. The monoisotopic (exact) mass is 546 g/mol. The molecule has 1 aliphatic carbocycles. The van der Waals surface area contributed by atoms with Gasteiger partial charge in [-0.2, -0.15) is 23.5 Å². The van der Waals surface area contributed by atoms with Crippen molar-refractivity contribution in [1.29, 1.82) is 5.26 Å². The molecular weight excluding hydrogens is 521 g/mol. The number of carbonyl (C=O) groups excluding carboxylic acids is 2. The Morgan fingerprint density at radius 3 is 2.52 bits per heavy atom. The third-order valence-electron chi connectivity index (χ3n) is 7.87. The summed E-state index contributed by atoms with van der Waals surface area (Å²) in [6, 6.07) is 10.2. The van der Waals surface area contributed by atoms with E-state index in [0.29, 0.717) is 25.3 Å². The van der Waals surface area contributed by atoms with Crippen molar-refractivity contribution in [1.82, 2.24) is 24.6 Å². The number of nitriles is 1. The molecule has 1 fully saturated rings. The summed E-state index contributed by atoms with van der Waals surface area (Å²) in [7, 11) is 0. The van der Waals surface area contributed by atoms with Crippen LogP contribution in [0.3, 0.4) is 0 Å². The lowest BCUT2D eigenvalue weighted by Crippen LogP contribution is -2.46. The van der Waals surface area contributed by atoms with Crippen LogP contribution in [-0.2, 0) is 23.8 Å². The van der Waals surface area contributed by atoms with E-state index in [0.717, 1.165) is 34.9 Å². The quantitative estimate of drug-likeness (QED) is 0.454. The van der Waals surface area contributed by atoms with E-state index in [1.54, 1.807) is 9.80 Å². The summed E-state index contributed by atoms with van der Waals surface area (Å²) < 4.78 is 41.8. The van der Waals surface area contributed by atoms with Gasteiger partial charge >= 0.3 is 6.18 Å². The Morgan fingerprint density at radius 1 is 1.12 bits per heavy atom. The van der Waals surface area contributed by atoms with Crippen molar-refractivity contribution < 1.29 is 22.8 Å². The van der Waals surface area contributed by atoms with Gasteiger partial charge in [-0.3, -0.25) is 9.59 Å². The van der Waals surface area contributed by atoms with Crippen molar-refractivity contribution >= 4 is 11.8 Å². The van der Waals surface area contributed by atoms with Crippen LogP contribution in [0.4, 0.5) is 13.2 Å². The molecule has 3 aliphatic rings. The minimum Gasteiger partial charge on any atom is -0.336 e. The van der Waals surface area contributed by atoms with E-state index in [1.807, 2.05) is 16.8 Å². The number of aromatic nitrogens is 3. The summed E-state index contributed by atoms with van der Waals surface area (Å²) in [5.41, 5.74) is 2.61. The van der Waals surface area contributed by atoms with E-state index in [2.05, 4.69) is 23.7 Å². The van der Waals surface area contributed by atoms with Crippen LogP contribution in [0.1, 0.15) is 68.9 Å². The standard InChI is InChI=1S/C29H25F3N6O2/c1-2-25(39)36-11-9-22-26-23(38(35-22)21-7-5-18(6-8-21)17-3-4-17)10-12-37(24(26)16-36)28(40)20-13-19(14-33)27(34-15-20)29(30,31)32/h2,5-8,13,15,17,24H,1,3-4,9-12,16H2/t24-/m0/s1. The molecular formula is C29H25F3N6O2. The Bertz CT molecular complexity index is 1570. The maximum absolute atomic E-state index is 13.7. The van der Waals surface area contributed by atoms with Crippen LogP contribution in [0.15, 0.2) is 49.2 Å². The van der Waals surface area contributed by atoms with Crippen molar-refractivity contribution in [2.75, 3.05) is 19.6 Å². The molecule has 40 heavy (non-hydrogen) atoms. The van der Waals surface area contributed by atoms with E-state index in [4.69, 9.17) is 5.10 Å². The van der Waals surface area contributed by atoms with Crippen LogP contribution in [0.5, 0.6) is 0 Å². The lowest BCUT2D eigenvalue weighted by atomic mass is 9.94. The van der Waals surface area contributed by atoms with Gasteiger partial charge in [0.25, 0.3) is 5.91 Å². The van der Waals surface area contributed by atoms with Crippen LogP contribution in [0, 0.1) is 11.3 Å². The van der Waals surface area contributed by atoms with Gasteiger partial charge in [-0.05, 0) is 48.6 Å². The number of rotatable bonds is 4. The van der Waals surface area contributed by atoms with Crippen molar-refractivity contribution in [3.05, 3.63) is 88.5 Å². The largest absolute Gasteiger partial charge is 0.434 e. The second kappa shape index (κ2) is 9.62. The molecule has 6 rings (SSSR count). The fourth-order valence-electron chi connectivity index (χ4n) is 5.74. The van der Waals surface area contributed by atoms with Crippen molar-refractivity contribution in [2.45, 2.75) is 43.8 Å². The molecule has 2 aliphatic heterocycles. The second-order valence-electron chi connectivity index (χ2n) is 10.3. The van der Waals surface area contributed by atoms with Gasteiger partial charge in [-0.25, -0.2) is 9.67 Å². The summed E-state index contributed by atoms with van der Waals surface area (Å²) in [4.78, 5) is 32.9. The maximum Gasteiger partial charge on any atom is 0.434 e. The Labute approximate surface area is 228 Å². The zero-order valence-electron chi connectivity index (χ0n) is 21.5. The molecule has 11 heteroatoms. The first-order valence-electron chi connectivity index (χ1n) is 13.1. The van der Waals surface area contributed by atoms with E-state index in [1.165, 1.54) is 30.6 Å². The summed E-state index contributed by atoms with van der Waals surface area (Å²) in [5, 5.41) is 14.2. The molecule has 4 heterocycles. The molecule has 2 aromatic heterocycles. The summed E-state index contributed by atoms with van der Waals surface area (Å²) in [6.07, 6.45) is 0.612. The van der Waals surface area contributed by atoms with Gasteiger partial charge in [0.05, 0.1) is 34.2 Å². The first kappa shape index (κ1) is 25.8. The molecule has 2 amide bonds. The number of pyridine rings is 1. The van der Waals surface area contributed by atoms with Crippen LogP contribution in [0.25, 0.3) is 5.69 Å². The van der Waals surface area contributed by atoms with Crippen LogP contribution < -0.4 is 0 Å². The third kappa shape index (κ3) is 4.43. The van der Waals surface area contributed by atoms with Gasteiger partial charge in [0.15, 0.2) is 5.69 Å². The molecule has 0 unspecified atom stereocenters. The lowest BCUT2D eigenvalue weighted by molar-refractivity contribution is -0.141. The zero-order valence-corrected chi connectivity index (χ0v) is 21.5. The highest BCUT2D eigenvalue weighted by atomic mass is 19.4. The molecule has 0 spiro atoms. The number of carbonyl (C=O) groups is 2. The minimum absolute atomic E-state index is 0.122. The van der Waals surface area contributed by atoms with Gasteiger partial charge in [0, 0.05) is 44.2 Å². The number of benzene rings is 1. The number of amides is 2. The highest BCUT2D eigenvalue weighted by Crippen LogP contribution is 2.41. The van der Waals surface area contributed by atoms with Gasteiger partial charge < -0.3 is 9.80 Å². The van der Waals surface area contributed by atoms with E-state index in [-0.39, 0.29) is 24.6 Å². The minimum atomic E-state index is -4.82. The van der Waals surface area contributed by atoms with Crippen molar-refractivity contribution in [2.24, 2.45) is 0 Å². The molecule has 1 saturated carbocycles. The number of halogens is 3. The summed E-state index contributed by atoms with van der Waals surface area (Å²) in [5.74, 6) is -0.217. The molecule has 1 atom stereocenters. The average Bonchev–Trinajstić information content (AvgIpc) is 3.77. The van der Waals surface area contributed by atoms with Crippen LogP contribution in [0.2, 0.25) is 0 Å². The Morgan fingerprint density at radius 2 is 1.88 bits per heavy atom. The topological polar surface area (TPSA) is 95.1 Å². The zero-order chi connectivity index (χ0) is 28.2. The van der Waals surface area contributed by atoms with E-state index in [9.17, 15) is 28.0 Å². The molecule has 3 aromatic rings. The average molecular weight is 547 g/mol. The Hall–Kier alpha value is -4.46. The third-order valence-corrected chi connectivity index (χ3v) is 7.87. The van der Waals surface area contributed by atoms with Gasteiger partial charge in [0.1, 0.15) is 6.07 Å². The van der Waals surface area contributed by atoms with Crippen molar-refractivity contribution in [3.63, 3.8) is 0 Å². The molecule has 8 nitrogen and oxygen atoms in total. The van der Waals surface area contributed by atoms with Gasteiger partial charge in [0.2, 0.25) is 5.91 Å². The first-order valence-corrected chi connectivity index (χ1v) is 13.1. The summed E-state index contributed by atoms with van der Waals surface area (Å²) >= 11 is 0. The molecule has 0 N–H and O–H groups in total. The van der Waals surface area contributed by atoms with Crippen LogP contribution in [-0.4, -0.2) is 56.0 Å². The molecule has 0 saturated heterocycles. The fraction of sp³-hybridized carbons (Fsp3) is 0.345. The van der Waals surface area contributed by atoms with Crippen LogP contribution >= 0.6 is 0 Å². The van der Waals surface area contributed by atoms with E-state index < -0.39 is 29.4 Å². The van der Waals surface area contributed by atoms with E-state index >= 15 is 0 Å². The number of hydrogen-bond donors (Lipinski definition) is 0. The first-order chi connectivity index (χ1) is 19.2. The number of hydrogen-bond acceptors (Lipinski definition) is 5.